The van der Waals surface area contributed by atoms with Crippen molar-refractivity contribution < 1.29 is 4.79 Å². The van der Waals surface area contributed by atoms with E-state index in [1.54, 1.807) is 41.2 Å². The van der Waals surface area contributed by atoms with Crippen LogP contribution in [0.2, 0.25) is 5.02 Å². The van der Waals surface area contributed by atoms with E-state index in [2.05, 4.69) is 10.3 Å². The molecule has 1 aromatic carbocycles. The lowest BCUT2D eigenvalue weighted by Crippen LogP contribution is -2.19. The highest BCUT2D eigenvalue weighted by molar-refractivity contribution is 6.31. The van der Waals surface area contributed by atoms with Gasteiger partial charge >= 0.3 is 0 Å². The highest BCUT2D eigenvalue weighted by atomic mass is 35.5. The van der Waals surface area contributed by atoms with E-state index in [9.17, 15) is 9.59 Å². The van der Waals surface area contributed by atoms with Crippen LogP contribution < -0.4 is 10.9 Å². The van der Waals surface area contributed by atoms with Crippen LogP contribution >= 0.6 is 11.6 Å². The van der Waals surface area contributed by atoms with Gasteiger partial charge in [0.2, 0.25) is 5.91 Å². The lowest BCUT2D eigenvalue weighted by molar-refractivity contribution is -0.116. The van der Waals surface area contributed by atoms with Gasteiger partial charge in [0.05, 0.1) is 10.9 Å². The summed E-state index contributed by atoms with van der Waals surface area (Å²) in [7, 11) is 0. The second-order valence-electron chi connectivity index (χ2n) is 5.06. The van der Waals surface area contributed by atoms with Gasteiger partial charge < -0.3 is 14.9 Å². The van der Waals surface area contributed by atoms with Crippen LogP contribution in [0.3, 0.4) is 0 Å². The molecule has 2 heterocycles. The Hall–Kier alpha value is -2.53. The van der Waals surface area contributed by atoms with Crippen molar-refractivity contribution in [2.75, 3.05) is 5.32 Å². The Labute approximate surface area is 131 Å². The first-order valence-corrected chi connectivity index (χ1v) is 7.15. The fourth-order valence-corrected chi connectivity index (χ4v) is 2.52. The van der Waals surface area contributed by atoms with Crippen LogP contribution in [0.15, 0.2) is 47.5 Å². The Morgan fingerprint density at radius 1 is 1.32 bits per heavy atom. The largest absolute Gasteiger partial charge is 0.338 e. The van der Waals surface area contributed by atoms with E-state index in [1.165, 1.54) is 0 Å². The summed E-state index contributed by atoms with van der Waals surface area (Å²) in [5, 5.41) is 3.97. The Kier molecular flexibility index (Phi) is 3.73. The molecule has 3 rings (SSSR count). The topological polar surface area (TPSA) is 66.9 Å². The van der Waals surface area contributed by atoms with Gasteiger partial charge in [-0.15, -0.1) is 0 Å². The minimum absolute atomic E-state index is 0.124. The van der Waals surface area contributed by atoms with Crippen LogP contribution in [0.1, 0.15) is 5.56 Å². The highest BCUT2D eigenvalue weighted by Gasteiger charge is 2.09. The summed E-state index contributed by atoms with van der Waals surface area (Å²) in [5.41, 5.74) is 2.18. The van der Waals surface area contributed by atoms with Gasteiger partial charge in [-0.2, -0.15) is 0 Å². The normalized spacial score (nSPS) is 10.8. The molecule has 3 aromatic rings. The third-order valence-electron chi connectivity index (χ3n) is 3.49. The average molecular weight is 316 g/mol. The number of aryl methyl sites for hydroxylation is 1. The second kappa shape index (κ2) is 5.69. The number of nitrogens with zero attached hydrogens (tertiary/aromatic N) is 1. The average Bonchev–Trinajstić information content (AvgIpc) is 2.87. The molecule has 5 nitrogen and oxygen atoms in total. The maximum absolute atomic E-state index is 12.2. The standard InChI is InChI=1S/C16H14ClN3O2/c1-10-2-3-11(17)8-13(10)19-15(21)9-20-7-5-12-14(20)4-6-18-16(12)22/h2-8H,9H2,1H3,(H,18,22)(H,19,21). The zero-order valence-corrected chi connectivity index (χ0v) is 12.6. The Morgan fingerprint density at radius 3 is 2.95 bits per heavy atom. The van der Waals surface area contributed by atoms with Crippen LogP contribution in [0, 0.1) is 6.92 Å². The number of pyridine rings is 1. The number of anilines is 1. The van der Waals surface area contributed by atoms with Crippen molar-refractivity contribution in [3.05, 3.63) is 63.7 Å². The third-order valence-corrected chi connectivity index (χ3v) is 3.73. The molecule has 0 atom stereocenters. The van der Waals surface area contributed by atoms with Crippen molar-refractivity contribution in [3.8, 4) is 0 Å². The Bertz CT molecular complexity index is 911. The Balaban J connectivity index is 1.83. The van der Waals surface area contributed by atoms with Crippen LogP contribution in [-0.2, 0) is 11.3 Å². The molecular formula is C16H14ClN3O2. The van der Waals surface area contributed by atoms with Gasteiger partial charge in [0.15, 0.2) is 0 Å². The number of nitrogens with one attached hydrogen (secondary N) is 2. The molecule has 0 aliphatic carbocycles. The van der Waals surface area contributed by atoms with Crippen LogP contribution in [0.25, 0.3) is 10.9 Å². The minimum atomic E-state index is -0.178. The van der Waals surface area contributed by atoms with Gasteiger partial charge in [0, 0.05) is 23.1 Å². The molecule has 112 valence electrons. The lowest BCUT2D eigenvalue weighted by Gasteiger charge is -2.10. The molecule has 2 aromatic heterocycles. The van der Waals surface area contributed by atoms with Gasteiger partial charge in [-0.1, -0.05) is 17.7 Å². The third kappa shape index (κ3) is 2.76. The Morgan fingerprint density at radius 2 is 2.14 bits per heavy atom. The monoisotopic (exact) mass is 315 g/mol. The van der Waals surface area contributed by atoms with Gasteiger partial charge in [0.1, 0.15) is 6.54 Å². The number of benzene rings is 1. The first kappa shape index (κ1) is 14.4. The van der Waals surface area contributed by atoms with E-state index in [1.807, 2.05) is 13.0 Å². The number of H-pyrrole nitrogens is 1. The molecule has 2 N–H and O–H groups in total. The molecule has 0 aliphatic rings. The molecule has 0 saturated heterocycles. The molecule has 22 heavy (non-hydrogen) atoms. The molecule has 0 bridgehead atoms. The fourth-order valence-electron chi connectivity index (χ4n) is 2.35. The summed E-state index contributed by atoms with van der Waals surface area (Å²) in [5.74, 6) is -0.178. The van der Waals surface area contributed by atoms with Gasteiger partial charge in [-0.05, 0) is 36.8 Å². The van der Waals surface area contributed by atoms with Crippen molar-refractivity contribution in [2.45, 2.75) is 13.5 Å². The first-order valence-electron chi connectivity index (χ1n) is 6.77. The van der Waals surface area contributed by atoms with Crippen molar-refractivity contribution >= 4 is 34.1 Å². The van der Waals surface area contributed by atoms with E-state index in [-0.39, 0.29) is 18.0 Å². The number of aromatic amines is 1. The molecule has 6 heteroatoms. The number of hydrogen-bond donors (Lipinski definition) is 2. The molecule has 0 saturated carbocycles. The summed E-state index contributed by atoms with van der Waals surface area (Å²) in [6.07, 6.45) is 3.30. The quantitative estimate of drug-likeness (QED) is 0.780. The summed E-state index contributed by atoms with van der Waals surface area (Å²) < 4.78 is 1.74. The van der Waals surface area contributed by atoms with E-state index < -0.39 is 0 Å². The summed E-state index contributed by atoms with van der Waals surface area (Å²) >= 11 is 5.94. The smallest absolute Gasteiger partial charge is 0.257 e. The first-order chi connectivity index (χ1) is 10.5. The number of halogens is 1. The van der Waals surface area contributed by atoms with Gasteiger partial charge in [-0.25, -0.2) is 0 Å². The number of carbonyl (C=O) groups is 1. The molecule has 0 radical (unpaired) electrons. The SMILES string of the molecule is Cc1ccc(Cl)cc1NC(=O)Cn1ccc2c(=O)[nH]ccc21. The van der Waals surface area contributed by atoms with E-state index >= 15 is 0 Å². The predicted molar refractivity (Wildman–Crippen MR) is 87.4 cm³/mol. The summed E-state index contributed by atoms with van der Waals surface area (Å²) in [6, 6.07) is 8.81. The van der Waals surface area contributed by atoms with Gasteiger partial charge in [-0.3, -0.25) is 9.59 Å². The summed E-state index contributed by atoms with van der Waals surface area (Å²) in [6.45, 7) is 2.02. The molecule has 0 spiro atoms. The number of aromatic nitrogens is 2. The van der Waals surface area contributed by atoms with Crippen molar-refractivity contribution in [3.63, 3.8) is 0 Å². The van der Waals surface area contributed by atoms with Gasteiger partial charge in [0.25, 0.3) is 5.56 Å². The minimum Gasteiger partial charge on any atom is -0.338 e. The molecule has 0 aliphatic heterocycles. The highest BCUT2D eigenvalue weighted by Crippen LogP contribution is 2.20. The van der Waals surface area contributed by atoms with Crippen LogP contribution in [0.5, 0.6) is 0 Å². The number of amides is 1. The lowest BCUT2D eigenvalue weighted by atomic mass is 10.2. The van der Waals surface area contributed by atoms with E-state index in [0.717, 1.165) is 11.1 Å². The number of hydrogen-bond acceptors (Lipinski definition) is 2. The number of carbonyl (C=O) groups excluding carboxylic acids is 1. The van der Waals surface area contributed by atoms with Crippen LogP contribution in [0.4, 0.5) is 5.69 Å². The molecular weight excluding hydrogens is 302 g/mol. The van der Waals surface area contributed by atoms with E-state index in [4.69, 9.17) is 11.6 Å². The maximum atomic E-state index is 12.2. The zero-order valence-electron chi connectivity index (χ0n) is 11.9. The number of rotatable bonds is 3. The summed E-state index contributed by atoms with van der Waals surface area (Å²) in [4.78, 5) is 26.5. The fraction of sp³-hybridized carbons (Fsp3) is 0.125. The van der Waals surface area contributed by atoms with Crippen molar-refractivity contribution in [1.29, 1.82) is 0 Å². The molecule has 0 unspecified atom stereocenters. The molecule has 1 amide bonds. The molecule has 0 fully saturated rings. The van der Waals surface area contributed by atoms with E-state index in [0.29, 0.717) is 16.1 Å². The van der Waals surface area contributed by atoms with Crippen molar-refractivity contribution in [1.82, 2.24) is 9.55 Å². The maximum Gasteiger partial charge on any atom is 0.257 e. The predicted octanol–water partition coefficient (Wildman–Crippen LogP) is 2.93. The second-order valence-corrected chi connectivity index (χ2v) is 5.49. The van der Waals surface area contributed by atoms with Crippen molar-refractivity contribution in [2.24, 2.45) is 0 Å². The van der Waals surface area contributed by atoms with Crippen LogP contribution in [-0.4, -0.2) is 15.5 Å². The number of fused-ring (bicyclic) bond motifs is 1. The zero-order chi connectivity index (χ0) is 15.7.